The fraction of sp³-hybridized carbons (Fsp3) is 0.421. The summed E-state index contributed by atoms with van der Waals surface area (Å²) in [6.07, 6.45) is 2.07. The molecule has 4 nitrogen and oxygen atoms in total. The van der Waals surface area contributed by atoms with E-state index in [0.29, 0.717) is 13.2 Å². The van der Waals surface area contributed by atoms with Crippen molar-refractivity contribution in [2.75, 3.05) is 33.4 Å². The van der Waals surface area contributed by atoms with Gasteiger partial charge in [0.15, 0.2) is 0 Å². The second-order valence-corrected chi connectivity index (χ2v) is 8.90. The average molecular weight is 411 g/mol. The van der Waals surface area contributed by atoms with Gasteiger partial charge in [0.05, 0.1) is 16.2 Å². The van der Waals surface area contributed by atoms with E-state index < -0.39 is 0 Å². The largest absolute Gasteiger partial charge is 0.384 e. The highest BCUT2D eigenvalue weighted by molar-refractivity contribution is 7.33. The number of halogens is 1. The van der Waals surface area contributed by atoms with E-state index >= 15 is 0 Å². The van der Waals surface area contributed by atoms with Gasteiger partial charge >= 0.3 is 0 Å². The van der Waals surface area contributed by atoms with Crippen LogP contribution in [0.4, 0.5) is 0 Å². The monoisotopic (exact) mass is 410 g/mol. The lowest BCUT2D eigenvalue weighted by atomic mass is 9.79. The quantitative estimate of drug-likeness (QED) is 0.659. The first-order valence-corrected chi connectivity index (χ1v) is 10.2. The molecule has 0 saturated carbocycles. The third kappa shape index (κ3) is 3.75. The predicted molar refractivity (Wildman–Crippen MR) is 113 cm³/mol. The van der Waals surface area contributed by atoms with Gasteiger partial charge in [0.2, 0.25) is 0 Å². The van der Waals surface area contributed by atoms with Crippen LogP contribution in [0.15, 0.2) is 30.3 Å². The standard InChI is InChI=1S/C19H22N2O2S2.ClH/c1-23-12-19(6-8-20-9-7-19)11-21-18(22)16-10-15-17(25-16)13-4-2-3-5-14(13)24-15;/h2-5,10,20H,6-9,11-12H2,1H3,(H,21,22);1H. The summed E-state index contributed by atoms with van der Waals surface area (Å²) >= 11 is 3.35. The van der Waals surface area contributed by atoms with Crippen molar-refractivity contribution in [2.45, 2.75) is 12.8 Å². The van der Waals surface area contributed by atoms with Crippen LogP contribution in [-0.2, 0) is 4.74 Å². The molecule has 7 heteroatoms. The Labute approximate surface area is 167 Å². The Morgan fingerprint density at radius 3 is 2.77 bits per heavy atom. The zero-order valence-corrected chi connectivity index (χ0v) is 17.1. The molecule has 1 saturated heterocycles. The van der Waals surface area contributed by atoms with Gasteiger partial charge in [0.1, 0.15) is 0 Å². The second-order valence-electron chi connectivity index (χ2n) is 6.77. The predicted octanol–water partition coefficient (Wildman–Crippen LogP) is 4.28. The van der Waals surface area contributed by atoms with E-state index in [1.807, 2.05) is 6.07 Å². The minimum atomic E-state index is 0. The highest BCUT2D eigenvalue weighted by Gasteiger charge is 2.32. The van der Waals surface area contributed by atoms with Crippen molar-refractivity contribution in [3.8, 4) is 0 Å². The molecular weight excluding hydrogens is 388 g/mol. The van der Waals surface area contributed by atoms with Gasteiger partial charge in [-0.25, -0.2) is 0 Å². The Kier molecular flexibility index (Phi) is 6.20. The molecule has 2 N–H and O–H groups in total. The van der Waals surface area contributed by atoms with Crippen molar-refractivity contribution in [2.24, 2.45) is 5.41 Å². The Balaban J connectivity index is 0.00000196. The highest BCUT2D eigenvalue weighted by Crippen LogP contribution is 2.39. The summed E-state index contributed by atoms with van der Waals surface area (Å²) in [6.45, 7) is 3.34. The normalized spacial score (nSPS) is 16.5. The Morgan fingerprint density at radius 2 is 2.00 bits per heavy atom. The topological polar surface area (TPSA) is 50.4 Å². The van der Waals surface area contributed by atoms with E-state index in [1.54, 1.807) is 29.8 Å². The van der Waals surface area contributed by atoms with E-state index in [4.69, 9.17) is 4.74 Å². The van der Waals surface area contributed by atoms with Gasteiger partial charge in [-0.05, 0) is 38.1 Å². The summed E-state index contributed by atoms with van der Waals surface area (Å²) in [5.74, 6) is 0.0338. The molecule has 1 fully saturated rings. The summed E-state index contributed by atoms with van der Waals surface area (Å²) < 4.78 is 9.13. The number of amides is 1. The first-order chi connectivity index (χ1) is 12.2. The Morgan fingerprint density at radius 1 is 1.23 bits per heavy atom. The van der Waals surface area contributed by atoms with Crippen molar-refractivity contribution >= 4 is 60.5 Å². The number of piperidine rings is 1. The molecular formula is C19H23ClN2O2S2. The van der Waals surface area contributed by atoms with Crippen LogP contribution >= 0.6 is 35.1 Å². The third-order valence-electron chi connectivity index (χ3n) is 5.01. The number of thiophene rings is 2. The van der Waals surface area contributed by atoms with Gasteiger partial charge in [-0.2, -0.15) is 0 Å². The van der Waals surface area contributed by atoms with Crippen molar-refractivity contribution in [3.05, 3.63) is 35.2 Å². The van der Waals surface area contributed by atoms with E-state index in [0.717, 1.165) is 30.8 Å². The number of methoxy groups -OCH3 is 1. The number of carbonyl (C=O) groups is 1. The minimum absolute atomic E-state index is 0. The van der Waals surface area contributed by atoms with E-state index in [9.17, 15) is 4.79 Å². The number of hydrogen-bond acceptors (Lipinski definition) is 5. The third-order valence-corrected chi connectivity index (χ3v) is 7.43. The molecule has 1 amide bonds. The van der Waals surface area contributed by atoms with Crippen LogP contribution in [0.1, 0.15) is 22.5 Å². The summed E-state index contributed by atoms with van der Waals surface area (Å²) in [5.41, 5.74) is 0.0526. The SMILES string of the molecule is COCC1(CNC(=O)c2cc3sc4ccccc4c3s2)CCNCC1.Cl. The lowest BCUT2D eigenvalue weighted by Gasteiger charge is -2.37. The van der Waals surface area contributed by atoms with Crippen LogP contribution in [0, 0.1) is 5.41 Å². The maximum atomic E-state index is 12.7. The number of rotatable bonds is 5. The van der Waals surface area contributed by atoms with Gasteiger partial charge < -0.3 is 15.4 Å². The molecule has 3 heterocycles. The highest BCUT2D eigenvalue weighted by atomic mass is 35.5. The molecule has 3 aromatic rings. The Bertz CT molecular complexity index is 894. The van der Waals surface area contributed by atoms with E-state index in [2.05, 4.69) is 34.9 Å². The van der Waals surface area contributed by atoms with Gasteiger partial charge in [-0.3, -0.25) is 4.79 Å². The number of benzene rings is 1. The number of ether oxygens (including phenoxy) is 1. The second kappa shape index (κ2) is 8.23. The van der Waals surface area contributed by atoms with E-state index in [1.165, 1.54) is 19.5 Å². The molecule has 0 unspecified atom stereocenters. The minimum Gasteiger partial charge on any atom is -0.384 e. The molecule has 0 spiro atoms. The maximum absolute atomic E-state index is 12.7. The lowest BCUT2D eigenvalue weighted by Crippen LogP contribution is -2.47. The Hall–Kier alpha value is -1.18. The lowest BCUT2D eigenvalue weighted by molar-refractivity contribution is 0.0512. The molecule has 0 aliphatic carbocycles. The summed E-state index contributed by atoms with van der Waals surface area (Å²) in [6, 6.07) is 10.4. The number of hydrogen-bond donors (Lipinski definition) is 2. The van der Waals surface area contributed by atoms with Crippen LogP contribution in [0.2, 0.25) is 0 Å². The van der Waals surface area contributed by atoms with Crippen LogP contribution in [0.5, 0.6) is 0 Å². The molecule has 140 valence electrons. The van der Waals surface area contributed by atoms with Crippen LogP contribution in [-0.4, -0.2) is 39.3 Å². The maximum Gasteiger partial charge on any atom is 0.261 e. The molecule has 0 atom stereocenters. The van der Waals surface area contributed by atoms with Gasteiger partial charge in [0, 0.05) is 33.9 Å². The zero-order valence-electron chi connectivity index (χ0n) is 14.7. The molecule has 1 aromatic carbocycles. The number of nitrogens with one attached hydrogen (secondary N) is 2. The van der Waals surface area contributed by atoms with Crippen molar-refractivity contribution in [3.63, 3.8) is 0 Å². The van der Waals surface area contributed by atoms with Crippen LogP contribution in [0.25, 0.3) is 19.5 Å². The van der Waals surface area contributed by atoms with Crippen molar-refractivity contribution < 1.29 is 9.53 Å². The number of carbonyl (C=O) groups excluding carboxylic acids is 1. The first kappa shape index (κ1) is 19.6. The fourth-order valence-electron chi connectivity index (χ4n) is 3.60. The molecule has 1 aliphatic rings. The molecule has 4 rings (SSSR count). The van der Waals surface area contributed by atoms with Gasteiger partial charge in [-0.15, -0.1) is 35.1 Å². The molecule has 2 aromatic heterocycles. The smallest absolute Gasteiger partial charge is 0.261 e. The average Bonchev–Trinajstić information content (AvgIpc) is 3.19. The van der Waals surface area contributed by atoms with Gasteiger partial charge in [0.25, 0.3) is 5.91 Å². The van der Waals surface area contributed by atoms with Crippen LogP contribution < -0.4 is 10.6 Å². The summed E-state index contributed by atoms with van der Waals surface area (Å²) in [4.78, 5) is 13.5. The van der Waals surface area contributed by atoms with Crippen LogP contribution in [0.3, 0.4) is 0 Å². The summed E-state index contributed by atoms with van der Waals surface area (Å²) in [7, 11) is 1.74. The van der Waals surface area contributed by atoms with Crippen molar-refractivity contribution in [1.82, 2.24) is 10.6 Å². The zero-order chi connectivity index (χ0) is 17.3. The first-order valence-electron chi connectivity index (χ1n) is 8.60. The molecule has 0 bridgehead atoms. The fourth-order valence-corrected chi connectivity index (χ4v) is 6.04. The summed E-state index contributed by atoms with van der Waals surface area (Å²) in [5, 5.41) is 7.80. The van der Waals surface area contributed by atoms with Gasteiger partial charge in [-0.1, -0.05) is 18.2 Å². The molecule has 0 radical (unpaired) electrons. The molecule has 1 aliphatic heterocycles. The van der Waals surface area contributed by atoms with Crippen molar-refractivity contribution in [1.29, 1.82) is 0 Å². The molecule has 26 heavy (non-hydrogen) atoms. The van der Waals surface area contributed by atoms with E-state index in [-0.39, 0.29) is 23.7 Å². The number of fused-ring (bicyclic) bond motifs is 3.